The molecule has 0 aliphatic rings. The molecule has 1 heterocycles. The number of nitrogens with zero attached hydrogens (tertiary/aromatic N) is 1. The lowest BCUT2D eigenvalue weighted by atomic mass is 10.2. The molecule has 0 amide bonds. The van der Waals surface area contributed by atoms with E-state index in [1.165, 1.54) is 41.1 Å². The molecule has 0 spiro atoms. The first-order valence-electron chi connectivity index (χ1n) is 6.58. The first-order valence-corrected chi connectivity index (χ1v) is 7.40. The Kier molecular flexibility index (Phi) is 6.78. The highest BCUT2D eigenvalue weighted by atomic mass is 32.1. The molecule has 17 heavy (non-hydrogen) atoms. The molecule has 0 unspecified atom stereocenters. The smallest absolute Gasteiger partial charge is 0.0296 e. The fourth-order valence-corrected chi connectivity index (χ4v) is 3.07. The van der Waals surface area contributed by atoms with Gasteiger partial charge in [-0.25, -0.2) is 0 Å². The Morgan fingerprint density at radius 2 is 2.12 bits per heavy atom. The summed E-state index contributed by atoms with van der Waals surface area (Å²) < 4.78 is 0. The van der Waals surface area contributed by atoms with Gasteiger partial charge in [0.05, 0.1) is 0 Å². The van der Waals surface area contributed by atoms with Gasteiger partial charge in [0.15, 0.2) is 0 Å². The van der Waals surface area contributed by atoms with Crippen molar-refractivity contribution in [1.29, 1.82) is 0 Å². The Morgan fingerprint density at radius 1 is 1.35 bits per heavy atom. The second kappa shape index (κ2) is 7.85. The lowest BCUT2D eigenvalue weighted by molar-refractivity contribution is 0.318. The molecule has 0 fully saturated rings. The molecule has 98 valence electrons. The van der Waals surface area contributed by atoms with Crippen molar-refractivity contribution in [2.24, 2.45) is 0 Å². The fourth-order valence-electron chi connectivity index (χ4n) is 2.01. The molecule has 3 heteroatoms. The average Bonchev–Trinajstić information content (AvgIpc) is 2.60. The molecule has 1 rings (SSSR count). The zero-order chi connectivity index (χ0) is 12.7. The van der Waals surface area contributed by atoms with Crippen LogP contribution < -0.4 is 5.32 Å². The lowest BCUT2D eigenvalue weighted by Crippen LogP contribution is -2.19. The van der Waals surface area contributed by atoms with Crippen LogP contribution in [0.15, 0.2) is 6.07 Å². The molecule has 1 aromatic heterocycles. The Morgan fingerprint density at radius 3 is 2.76 bits per heavy atom. The van der Waals surface area contributed by atoms with Gasteiger partial charge in [-0.1, -0.05) is 19.8 Å². The van der Waals surface area contributed by atoms with E-state index >= 15 is 0 Å². The normalized spacial score (nSPS) is 11.4. The van der Waals surface area contributed by atoms with Gasteiger partial charge >= 0.3 is 0 Å². The van der Waals surface area contributed by atoms with Crippen molar-refractivity contribution < 1.29 is 0 Å². The van der Waals surface area contributed by atoms with E-state index in [-0.39, 0.29) is 0 Å². The predicted molar refractivity (Wildman–Crippen MR) is 77.7 cm³/mol. The Balaban J connectivity index is 2.44. The van der Waals surface area contributed by atoms with Crippen molar-refractivity contribution in [3.63, 3.8) is 0 Å². The Hall–Kier alpha value is -0.380. The minimum Gasteiger partial charge on any atom is -0.315 e. The van der Waals surface area contributed by atoms with Gasteiger partial charge in [-0.3, -0.25) is 0 Å². The van der Waals surface area contributed by atoms with E-state index < -0.39 is 0 Å². The van der Waals surface area contributed by atoms with Crippen molar-refractivity contribution in [3.8, 4) is 0 Å². The van der Waals surface area contributed by atoms with Crippen LogP contribution in [0.5, 0.6) is 0 Å². The van der Waals surface area contributed by atoms with Crippen LogP contribution in [0.25, 0.3) is 0 Å². The highest BCUT2D eigenvalue weighted by Crippen LogP contribution is 2.22. The molecule has 0 aliphatic heterocycles. The van der Waals surface area contributed by atoms with Gasteiger partial charge in [0.25, 0.3) is 0 Å². The summed E-state index contributed by atoms with van der Waals surface area (Å²) in [5.41, 5.74) is 1.50. The molecular formula is C14H26N2S. The Labute approximate surface area is 110 Å². The van der Waals surface area contributed by atoms with Gasteiger partial charge in [0.1, 0.15) is 0 Å². The van der Waals surface area contributed by atoms with E-state index in [1.54, 1.807) is 0 Å². The van der Waals surface area contributed by atoms with E-state index in [0.29, 0.717) is 0 Å². The van der Waals surface area contributed by atoms with E-state index in [0.717, 1.165) is 13.1 Å². The average molecular weight is 254 g/mol. The molecule has 0 aliphatic carbocycles. The molecule has 0 atom stereocenters. The molecule has 0 aromatic carbocycles. The maximum absolute atomic E-state index is 3.22. The molecule has 0 saturated carbocycles. The summed E-state index contributed by atoms with van der Waals surface area (Å²) in [4.78, 5) is 5.35. The first-order chi connectivity index (χ1) is 8.17. The number of hydrogen-bond donors (Lipinski definition) is 1. The summed E-state index contributed by atoms with van der Waals surface area (Å²) in [5.74, 6) is 0. The number of nitrogens with one attached hydrogen (secondary N) is 1. The molecule has 1 N–H and O–H groups in total. The highest BCUT2D eigenvalue weighted by Gasteiger charge is 2.07. The molecule has 0 saturated heterocycles. The topological polar surface area (TPSA) is 15.3 Å². The standard InChI is InChI=1S/C14H26N2S/c1-5-6-7-8-16(4)11-13-9-14(10-15-3)17-12(13)2/h9,15H,5-8,10-11H2,1-4H3. The van der Waals surface area contributed by atoms with Crippen LogP contribution in [-0.4, -0.2) is 25.5 Å². The number of unbranched alkanes of at least 4 members (excludes halogenated alkanes) is 2. The molecular weight excluding hydrogens is 228 g/mol. The van der Waals surface area contributed by atoms with Gasteiger partial charge in [-0.2, -0.15) is 0 Å². The summed E-state index contributed by atoms with van der Waals surface area (Å²) >= 11 is 1.92. The van der Waals surface area contributed by atoms with Crippen LogP contribution in [0.2, 0.25) is 0 Å². The summed E-state index contributed by atoms with van der Waals surface area (Å²) in [6, 6.07) is 2.35. The summed E-state index contributed by atoms with van der Waals surface area (Å²) in [6.45, 7) is 7.79. The van der Waals surface area contributed by atoms with Crippen molar-refractivity contribution >= 4 is 11.3 Å². The van der Waals surface area contributed by atoms with E-state index in [2.05, 4.69) is 37.2 Å². The van der Waals surface area contributed by atoms with Crippen molar-refractivity contribution in [2.45, 2.75) is 46.2 Å². The van der Waals surface area contributed by atoms with Gasteiger partial charge < -0.3 is 10.2 Å². The quantitative estimate of drug-likeness (QED) is 0.715. The molecule has 2 nitrogen and oxygen atoms in total. The highest BCUT2D eigenvalue weighted by molar-refractivity contribution is 7.12. The van der Waals surface area contributed by atoms with Gasteiger partial charge in [-0.15, -0.1) is 11.3 Å². The minimum atomic E-state index is 0.991. The predicted octanol–water partition coefficient (Wildman–Crippen LogP) is 3.40. The number of rotatable bonds is 8. The second-order valence-electron chi connectivity index (χ2n) is 4.77. The summed E-state index contributed by atoms with van der Waals surface area (Å²) in [7, 11) is 4.23. The van der Waals surface area contributed by atoms with Crippen molar-refractivity contribution in [2.75, 3.05) is 20.6 Å². The maximum atomic E-state index is 3.22. The SMILES string of the molecule is CCCCCN(C)Cc1cc(CNC)sc1C. The third-order valence-electron chi connectivity index (χ3n) is 3.01. The third-order valence-corrected chi connectivity index (χ3v) is 4.10. The monoisotopic (exact) mass is 254 g/mol. The fraction of sp³-hybridized carbons (Fsp3) is 0.714. The lowest BCUT2D eigenvalue weighted by Gasteiger charge is -2.16. The molecule has 1 aromatic rings. The minimum absolute atomic E-state index is 0.991. The Bertz CT molecular complexity index is 320. The van der Waals surface area contributed by atoms with Gasteiger partial charge in [0, 0.05) is 22.8 Å². The van der Waals surface area contributed by atoms with Crippen LogP contribution in [0, 0.1) is 6.92 Å². The summed E-state index contributed by atoms with van der Waals surface area (Å²) in [6.07, 6.45) is 3.97. The number of thiophene rings is 1. The maximum Gasteiger partial charge on any atom is 0.0296 e. The first kappa shape index (κ1) is 14.7. The molecule has 0 radical (unpaired) electrons. The van der Waals surface area contributed by atoms with Crippen molar-refractivity contribution in [1.82, 2.24) is 10.2 Å². The van der Waals surface area contributed by atoms with E-state index in [9.17, 15) is 0 Å². The zero-order valence-corrected chi connectivity index (χ0v) is 12.5. The van der Waals surface area contributed by atoms with Crippen LogP contribution >= 0.6 is 11.3 Å². The van der Waals surface area contributed by atoms with Gasteiger partial charge in [0.2, 0.25) is 0 Å². The van der Waals surface area contributed by atoms with Crippen LogP contribution in [0.1, 0.15) is 41.5 Å². The van der Waals surface area contributed by atoms with Crippen molar-refractivity contribution in [3.05, 3.63) is 21.4 Å². The largest absolute Gasteiger partial charge is 0.315 e. The van der Waals surface area contributed by atoms with Crippen LogP contribution in [-0.2, 0) is 13.1 Å². The number of aryl methyl sites for hydroxylation is 1. The zero-order valence-electron chi connectivity index (χ0n) is 11.7. The molecule has 0 bridgehead atoms. The van der Waals surface area contributed by atoms with Crippen LogP contribution in [0.3, 0.4) is 0 Å². The number of hydrogen-bond acceptors (Lipinski definition) is 3. The van der Waals surface area contributed by atoms with Gasteiger partial charge in [-0.05, 0) is 45.6 Å². The second-order valence-corrected chi connectivity index (χ2v) is 6.11. The van der Waals surface area contributed by atoms with E-state index in [1.807, 2.05) is 18.4 Å². The van der Waals surface area contributed by atoms with E-state index in [4.69, 9.17) is 0 Å². The third kappa shape index (κ3) is 5.19. The summed E-state index contributed by atoms with van der Waals surface area (Å²) in [5, 5.41) is 3.22. The van der Waals surface area contributed by atoms with Crippen LogP contribution in [0.4, 0.5) is 0 Å².